The number of thiazole rings is 1. The second-order valence-electron chi connectivity index (χ2n) is 4.76. The highest BCUT2D eigenvalue weighted by atomic mass is 32.1. The summed E-state index contributed by atoms with van der Waals surface area (Å²) in [5.41, 5.74) is 0. The van der Waals surface area contributed by atoms with Crippen LogP contribution in [0.1, 0.15) is 28.4 Å². The Kier molecular flexibility index (Phi) is 3.59. The molecule has 1 aliphatic heterocycles. The number of oxazole rings is 1. The van der Waals surface area contributed by atoms with Crippen molar-refractivity contribution in [2.75, 3.05) is 13.1 Å². The van der Waals surface area contributed by atoms with Crippen LogP contribution in [0.5, 0.6) is 0 Å². The van der Waals surface area contributed by atoms with E-state index in [1.165, 1.54) is 12.6 Å². The number of piperidine rings is 1. The highest BCUT2D eigenvalue weighted by Crippen LogP contribution is 2.22. The molecule has 1 amide bonds. The molecule has 2 aromatic rings. The molecule has 3 heterocycles. The number of amides is 1. The number of hydrogen-bond donors (Lipinski definition) is 0. The molecule has 1 fully saturated rings. The van der Waals surface area contributed by atoms with E-state index < -0.39 is 0 Å². The Balaban J connectivity index is 1.63. The summed E-state index contributed by atoms with van der Waals surface area (Å²) < 4.78 is 5.08. The van der Waals surface area contributed by atoms with Crippen LogP contribution in [0.25, 0.3) is 0 Å². The Labute approximate surface area is 115 Å². The van der Waals surface area contributed by atoms with Crippen LogP contribution in [0.2, 0.25) is 0 Å². The maximum absolute atomic E-state index is 12.2. The van der Waals surface area contributed by atoms with Crippen molar-refractivity contribution in [2.45, 2.75) is 19.3 Å². The predicted molar refractivity (Wildman–Crippen MR) is 70.9 cm³/mol. The van der Waals surface area contributed by atoms with E-state index in [1.54, 1.807) is 11.3 Å². The standard InChI is InChI=1S/C13H15N3O2S/c17-13(11-7-14-9-18-11)16-4-1-2-10(8-16)6-12-15-3-5-19-12/h3,5,7,9-10H,1-2,4,6,8H2/t10-/m1/s1. The summed E-state index contributed by atoms with van der Waals surface area (Å²) >= 11 is 1.68. The molecule has 0 aliphatic carbocycles. The van der Waals surface area contributed by atoms with E-state index in [-0.39, 0.29) is 5.91 Å². The molecule has 0 N–H and O–H groups in total. The quantitative estimate of drug-likeness (QED) is 0.863. The van der Waals surface area contributed by atoms with E-state index in [1.807, 2.05) is 16.5 Å². The van der Waals surface area contributed by atoms with Crippen molar-refractivity contribution in [3.8, 4) is 0 Å². The Morgan fingerprint density at radius 2 is 2.53 bits per heavy atom. The smallest absolute Gasteiger partial charge is 0.291 e. The highest BCUT2D eigenvalue weighted by Gasteiger charge is 2.26. The van der Waals surface area contributed by atoms with Gasteiger partial charge in [0.05, 0.1) is 11.2 Å². The van der Waals surface area contributed by atoms with Gasteiger partial charge in [-0.15, -0.1) is 11.3 Å². The first-order valence-corrected chi connectivity index (χ1v) is 7.27. The molecule has 2 aromatic heterocycles. The maximum atomic E-state index is 12.2. The number of carbonyl (C=O) groups excluding carboxylic acids is 1. The first-order valence-electron chi connectivity index (χ1n) is 6.39. The van der Waals surface area contributed by atoms with E-state index in [4.69, 9.17) is 4.42 Å². The lowest BCUT2D eigenvalue weighted by atomic mass is 9.95. The largest absolute Gasteiger partial charge is 0.438 e. The molecule has 100 valence electrons. The molecule has 0 saturated carbocycles. The first kappa shape index (κ1) is 12.3. The van der Waals surface area contributed by atoms with E-state index in [2.05, 4.69) is 9.97 Å². The zero-order chi connectivity index (χ0) is 13.1. The Morgan fingerprint density at radius 3 is 3.26 bits per heavy atom. The average Bonchev–Trinajstić information content (AvgIpc) is 3.11. The molecule has 1 saturated heterocycles. The monoisotopic (exact) mass is 277 g/mol. The van der Waals surface area contributed by atoms with Crippen LogP contribution < -0.4 is 0 Å². The van der Waals surface area contributed by atoms with Gasteiger partial charge in [-0.2, -0.15) is 0 Å². The molecule has 5 nitrogen and oxygen atoms in total. The number of aromatic nitrogens is 2. The van der Waals surface area contributed by atoms with Gasteiger partial charge >= 0.3 is 0 Å². The Morgan fingerprint density at radius 1 is 1.58 bits per heavy atom. The third-order valence-electron chi connectivity index (χ3n) is 3.40. The van der Waals surface area contributed by atoms with Gasteiger partial charge in [0.15, 0.2) is 6.39 Å². The minimum atomic E-state index is -0.0543. The molecule has 0 radical (unpaired) electrons. The van der Waals surface area contributed by atoms with E-state index in [0.29, 0.717) is 11.7 Å². The minimum absolute atomic E-state index is 0.0543. The average molecular weight is 277 g/mol. The third kappa shape index (κ3) is 2.84. The fourth-order valence-electron chi connectivity index (χ4n) is 2.49. The predicted octanol–water partition coefficient (Wildman–Crippen LogP) is 2.23. The molecule has 6 heteroatoms. The summed E-state index contributed by atoms with van der Waals surface area (Å²) in [5.74, 6) is 0.767. The SMILES string of the molecule is O=C(c1cnco1)N1CCC[C@H](Cc2nccs2)C1. The Bertz CT molecular complexity index is 524. The van der Waals surface area contributed by atoms with E-state index >= 15 is 0 Å². The lowest BCUT2D eigenvalue weighted by Crippen LogP contribution is -2.40. The zero-order valence-corrected chi connectivity index (χ0v) is 11.3. The summed E-state index contributed by atoms with van der Waals surface area (Å²) in [6, 6.07) is 0. The number of rotatable bonds is 3. The topological polar surface area (TPSA) is 59.2 Å². The van der Waals surface area contributed by atoms with Crippen LogP contribution in [0.4, 0.5) is 0 Å². The maximum Gasteiger partial charge on any atom is 0.291 e. The molecular weight excluding hydrogens is 262 g/mol. The minimum Gasteiger partial charge on any atom is -0.438 e. The number of nitrogens with zero attached hydrogens (tertiary/aromatic N) is 3. The number of hydrogen-bond acceptors (Lipinski definition) is 5. The molecule has 0 spiro atoms. The van der Waals surface area contributed by atoms with Gasteiger partial charge in [0.25, 0.3) is 5.91 Å². The van der Waals surface area contributed by atoms with Gasteiger partial charge < -0.3 is 9.32 Å². The van der Waals surface area contributed by atoms with Gasteiger partial charge in [-0.3, -0.25) is 4.79 Å². The van der Waals surface area contributed by atoms with Crippen molar-refractivity contribution < 1.29 is 9.21 Å². The fourth-order valence-corrected chi connectivity index (χ4v) is 3.23. The van der Waals surface area contributed by atoms with Crippen LogP contribution in [-0.4, -0.2) is 33.9 Å². The summed E-state index contributed by atoms with van der Waals surface area (Å²) in [5, 5.41) is 3.15. The summed E-state index contributed by atoms with van der Waals surface area (Å²) in [6.45, 7) is 1.58. The normalized spacial score (nSPS) is 19.6. The van der Waals surface area contributed by atoms with Crippen LogP contribution in [0.3, 0.4) is 0 Å². The Hall–Kier alpha value is -1.69. The molecular formula is C13H15N3O2S. The summed E-state index contributed by atoms with van der Waals surface area (Å²) in [6.07, 6.45) is 7.75. The third-order valence-corrected chi connectivity index (χ3v) is 4.20. The first-order chi connectivity index (χ1) is 9.33. The van der Waals surface area contributed by atoms with E-state index in [9.17, 15) is 4.79 Å². The lowest BCUT2D eigenvalue weighted by Gasteiger charge is -2.31. The second-order valence-corrected chi connectivity index (χ2v) is 5.73. The van der Waals surface area contributed by atoms with Gasteiger partial charge in [0, 0.05) is 31.1 Å². The molecule has 3 rings (SSSR count). The van der Waals surface area contributed by atoms with Gasteiger partial charge in [-0.25, -0.2) is 9.97 Å². The molecule has 19 heavy (non-hydrogen) atoms. The number of likely N-dealkylation sites (tertiary alicyclic amines) is 1. The molecule has 0 unspecified atom stereocenters. The van der Waals surface area contributed by atoms with Crippen molar-refractivity contribution in [2.24, 2.45) is 5.92 Å². The lowest BCUT2D eigenvalue weighted by molar-refractivity contribution is 0.0641. The van der Waals surface area contributed by atoms with Crippen molar-refractivity contribution in [3.05, 3.63) is 34.9 Å². The number of carbonyl (C=O) groups is 1. The van der Waals surface area contributed by atoms with Crippen molar-refractivity contribution in [3.63, 3.8) is 0 Å². The van der Waals surface area contributed by atoms with E-state index in [0.717, 1.165) is 37.4 Å². The summed E-state index contributed by atoms with van der Waals surface area (Å²) in [4.78, 5) is 22.2. The van der Waals surface area contributed by atoms with Crippen LogP contribution >= 0.6 is 11.3 Å². The van der Waals surface area contributed by atoms with Gasteiger partial charge in [0.2, 0.25) is 5.76 Å². The van der Waals surface area contributed by atoms with Crippen molar-refractivity contribution in [1.29, 1.82) is 0 Å². The van der Waals surface area contributed by atoms with Gasteiger partial charge in [-0.05, 0) is 18.8 Å². The second kappa shape index (κ2) is 5.52. The molecule has 1 aliphatic rings. The van der Waals surface area contributed by atoms with Crippen LogP contribution in [0.15, 0.2) is 28.6 Å². The highest BCUT2D eigenvalue weighted by molar-refractivity contribution is 7.09. The zero-order valence-electron chi connectivity index (χ0n) is 10.5. The fraction of sp³-hybridized carbons (Fsp3) is 0.462. The van der Waals surface area contributed by atoms with Crippen LogP contribution in [-0.2, 0) is 6.42 Å². The van der Waals surface area contributed by atoms with Crippen LogP contribution in [0, 0.1) is 5.92 Å². The molecule has 0 aromatic carbocycles. The van der Waals surface area contributed by atoms with Crippen molar-refractivity contribution in [1.82, 2.24) is 14.9 Å². The van der Waals surface area contributed by atoms with Crippen molar-refractivity contribution >= 4 is 17.2 Å². The van der Waals surface area contributed by atoms with Gasteiger partial charge in [-0.1, -0.05) is 0 Å². The van der Waals surface area contributed by atoms with Gasteiger partial charge in [0.1, 0.15) is 0 Å². The summed E-state index contributed by atoms with van der Waals surface area (Å²) in [7, 11) is 0. The molecule has 0 bridgehead atoms. The molecule has 1 atom stereocenters.